The zero-order valence-electron chi connectivity index (χ0n) is 14.0. The number of hydrogen-bond donors (Lipinski definition) is 1. The Morgan fingerprint density at radius 2 is 1.83 bits per heavy atom. The standard InChI is InChI=1S/C21H24N2/c1-15(2)17-9-7-16(8-10-17)13-23-12-11-19-18-5-3-4-6-20(18)22-21(19)14-23/h3-10,15,22H,11-14H2,1-2H3. The van der Waals surface area contributed by atoms with E-state index in [2.05, 4.69) is 72.3 Å². The summed E-state index contributed by atoms with van der Waals surface area (Å²) in [6.07, 6.45) is 1.14. The van der Waals surface area contributed by atoms with Gasteiger partial charge in [-0.25, -0.2) is 0 Å². The molecular formula is C21H24N2. The fraction of sp³-hybridized carbons (Fsp3) is 0.333. The van der Waals surface area contributed by atoms with E-state index < -0.39 is 0 Å². The smallest absolute Gasteiger partial charge is 0.0459 e. The summed E-state index contributed by atoms with van der Waals surface area (Å²) >= 11 is 0. The minimum absolute atomic E-state index is 0.605. The molecule has 1 N–H and O–H groups in total. The van der Waals surface area contributed by atoms with Crippen molar-refractivity contribution in [1.82, 2.24) is 9.88 Å². The lowest BCUT2D eigenvalue weighted by atomic mass is 10.0. The van der Waals surface area contributed by atoms with Crippen molar-refractivity contribution in [1.29, 1.82) is 0 Å². The maximum Gasteiger partial charge on any atom is 0.0459 e. The molecule has 2 nitrogen and oxygen atoms in total. The van der Waals surface area contributed by atoms with E-state index in [1.165, 1.54) is 33.3 Å². The van der Waals surface area contributed by atoms with Gasteiger partial charge in [0, 0.05) is 36.2 Å². The number of nitrogens with one attached hydrogen (secondary N) is 1. The summed E-state index contributed by atoms with van der Waals surface area (Å²) < 4.78 is 0. The number of H-pyrrole nitrogens is 1. The Morgan fingerprint density at radius 1 is 1.04 bits per heavy atom. The van der Waals surface area contributed by atoms with Crippen molar-refractivity contribution in [3.8, 4) is 0 Å². The summed E-state index contributed by atoms with van der Waals surface area (Å²) in [7, 11) is 0. The minimum Gasteiger partial charge on any atom is -0.357 e. The summed E-state index contributed by atoms with van der Waals surface area (Å²) in [6.45, 7) is 7.69. The van der Waals surface area contributed by atoms with Crippen LogP contribution in [-0.4, -0.2) is 16.4 Å². The van der Waals surface area contributed by atoms with Gasteiger partial charge >= 0.3 is 0 Å². The van der Waals surface area contributed by atoms with Crippen LogP contribution in [0.25, 0.3) is 10.9 Å². The van der Waals surface area contributed by atoms with Crippen LogP contribution in [0.4, 0.5) is 0 Å². The van der Waals surface area contributed by atoms with Crippen molar-refractivity contribution in [3.63, 3.8) is 0 Å². The largest absolute Gasteiger partial charge is 0.357 e. The third kappa shape index (κ3) is 2.79. The molecule has 0 amide bonds. The number of rotatable bonds is 3. The molecule has 4 rings (SSSR count). The van der Waals surface area contributed by atoms with Gasteiger partial charge < -0.3 is 4.98 Å². The van der Waals surface area contributed by atoms with E-state index in [1.54, 1.807) is 0 Å². The maximum atomic E-state index is 3.61. The Labute approximate surface area is 138 Å². The Hall–Kier alpha value is -2.06. The lowest BCUT2D eigenvalue weighted by Gasteiger charge is -2.27. The lowest BCUT2D eigenvalue weighted by molar-refractivity contribution is 0.243. The predicted octanol–water partition coefficient (Wildman–Crippen LogP) is 4.85. The maximum absolute atomic E-state index is 3.61. The Morgan fingerprint density at radius 3 is 2.61 bits per heavy atom. The second-order valence-electron chi connectivity index (χ2n) is 6.98. The summed E-state index contributed by atoms with van der Waals surface area (Å²) in [5.74, 6) is 0.605. The van der Waals surface area contributed by atoms with Gasteiger partial charge in [0.15, 0.2) is 0 Å². The van der Waals surface area contributed by atoms with Gasteiger partial charge in [0.2, 0.25) is 0 Å². The highest BCUT2D eigenvalue weighted by Crippen LogP contribution is 2.28. The Kier molecular flexibility index (Phi) is 3.70. The molecule has 0 radical (unpaired) electrons. The van der Waals surface area contributed by atoms with Crippen LogP contribution in [0.3, 0.4) is 0 Å². The Balaban J connectivity index is 1.51. The average molecular weight is 304 g/mol. The first-order valence-corrected chi connectivity index (χ1v) is 8.60. The van der Waals surface area contributed by atoms with Gasteiger partial charge in [-0.2, -0.15) is 0 Å². The monoisotopic (exact) mass is 304 g/mol. The van der Waals surface area contributed by atoms with Crippen LogP contribution in [0.2, 0.25) is 0 Å². The van der Waals surface area contributed by atoms with Crippen molar-refractivity contribution >= 4 is 10.9 Å². The first-order valence-electron chi connectivity index (χ1n) is 8.60. The molecule has 2 aromatic carbocycles. The SMILES string of the molecule is CC(C)c1ccc(CN2CCc3c([nH]c4ccccc34)C2)cc1. The average Bonchev–Trinajstić information content (AvgIpc) is 2.93. The molecule has 2 heterocycles. The van der Waals surface area contributed by atoms with E-state index in [9.17, 15) is 0 Å². The number of benzene rings is 2. The van der Waals surface area contributed by atoms with Crippen molar-refractivity contribution in [2.75, 3.05) is 6.54 Å². The molecule has 2 heteroatoms. The second kappa shape index (κ2) is 5.86. The number of aromatic amines is 1. The minimum atomic E-state index is 0.605. The van der Waals surface area contributed by atoms with E-state index in [0.29, 0.717) is 5.92 Å². The number of para-hydroxylation sites is 1. The summed E-state index contributed by atoms with van der Waals surface area (Å²) in [5, 5.41) is 1.41. The normalized spacial score (nSPS) is 15.3. The number of fused-ring (bicyclic) bond motifs is 3. The molecular weight excluding hydrogens is 280 g/mol. The number of hydrogen-bond acceptors (Lipinski definition) is 1. The molecule has 0 saturated heterocycles. The molecule has 0 fully saturated rings. The van der Waals surface area contributed by atoms with Crippen LogP contribution < -0.4 is 0 Å². The fourth-order valence-electron chi connectivity index (χ4n) is 3.65. The number of aromatic nitrogens is 1. The van der Waals surface area contributed by atoms with Gasteiger partial charge in [0.1, 0.15) is 0 Å². The molecule has 0 aliphatic carbocycles. The van der Waals surface area contributed by atoms with Crippen LogP contribution in [0, 0.1) is 0 Å². The van der Waals surface area contributed by atoms with Gasteiger partial charge in [0.05, 0.1) is 0 Å². The van der Waals surface area contributed by atoms with E-state index in [4.69, 9.17) is 0 Å². The quantitative estimate of drug-likeness (QED) is 0.733. The highest BCUT2D eigenvalue weighted by atomic mass is 15.1. The molecule has 3 aromatic rings. The summed E-state index contributed by atoms with van der Waals surface area (Å²) in [6, 6.07) is 17.8. The van der Waals surface area contributed by atoms with Crippen LogP contribution in [0.1, 0.15) is 42.1 Å². The lowest BCUT2D eigenvalue weighted by Crippen LogP contribution is -2.29. The summed E-state index contributed by atoms with van der Waals surface area (Å²) in [4.78, 5) is 6.16. The molecule has 0 bridgehead atoms. The molecule has 0 unspecified atom stereocenters. The topological polar surface area (TPSA) is 19.0 Å². The second-order valence-corrected chi connectivity index (χ2v) is 6.98. The van der Waals surface area contributed by atoms with Crippen LogP contribution in [0.15, 0.2) is 48.5 Å². The fourth-order valence-corrected chi connectivity index (χ4v) is 3.65. The molecule has 0 spiro atoms. The molecule has 1 aliphatic rings. The van der Waals surface area contributed by atoms with Crippen LogP contribution in [0.5, 0.6) is 0 Å². The molecule has 118 valence electrons. The zero-order valence-corrected chi connectivity index (χ0v) is 14.0. The van der Waals surface area contributed by atoms with Crippen LogP contribution in [-0.2, 0) is 19.5 Å². The van der Waals surface area contributed by atoms with Gasteiger partial charge in [-0.1, -0.05) is 56.3 Å². The Bertz CT molecular complexity index is 811. The highest BCUT2D eigenvalue weighted by molar-refractivity contribution is 5.84. The third-order valence-corrected chi connectivity index (χ3v) is 5.01. The molecule has 0 saturated carbocycles. The van der Waals surface area contributed by atoms with Crippen molar-refractivity contribution in [2.24, 2.45) is 0 Å². The van der Waals surface area contributed by atoms with Crippen molar-refractivity contribution in [2.45, 2.75) is 39.3 Å². The van der Waals surface area contributed by atoms with Gasteiger partial charge in [-0.15, -0.1) is 0 Å². The van der Waals surface area contributed by atoms with E-state index >= 15 is 0 Å². The molecule has 23 heavy (non-hydrogen) atoms. The van der Waals surface area contributed by atoms with Crippen LogP contribution >= 0.6 is 0 Å². The highest BCUT2D eigenvalue weighted by Gasteiger charge is 2.20. The van der Waals surface area contributed by atoms with Crippen molar-refractivity contribution in [3.05, 3.63) is 70.9 Å². The zero-order chi connectivity index (χ0) is 15.8. The first kappa shape index (κ1) is 14.5. The molecule has 0 atom stereocenters. The number of nitrogens with zero attached hydrogens (tertiary/aromatic N) is 1. The summed E-state index contributed by atoms with van der Waals surface area (Å²) in [5.41, 5.74) is 7.03. The van der Waals surface area contributed by atoms with Gasteiger partial charge in [-0.05, 0) is 35.1 Å². The molecule has 1 aliphatic heterocycles. The third-order valence-electron chi connectivity index (χ3n) is 5.01. The van der Waals surface area contributed by atoms with E-state index in [-0.39, 0.29) is 0 Å². The van der Waals surface area contributed by atoms with E-state index in [0.717, 1.165) is 26.1 Å². The van der Waals surface area contributed by atoms with E-state index in [1.807, 2.05) is 0 Å². The van der Waals surface area contributed by atoms with Gasteiger partial charge in [0.25, 0.3) is 0 Å². The first-order chi connectivity index (χ1) is 11.2. The predicted molar refractivity (Wildman–Crippen MR) is 96.6 cm³/mol. The molecule has 1 aromatic heterocycles. The van der Waals surface area contributed by atoms with Crippen molar-refractivity contribution < 1.29 is 0 Å². The van der Waals surface area contributed by atoms with Gasteiger partial charge in [-0.3, -0.25) is 4.90 Å².